The first-order valence-electron chi connectivity index (χ1n) is 10.2. The molecule has 0 atom stereocenters. The Balaban J connectivity index is 1.69. The molecule has 0 radical (unpaired) electrons. The number of halogens is 1. The second-order valence-corrected chi connectivity index (χ2v) is 8.30. The first-order valence-corrected chi connectivity index (χ1v) is 10.6. The Morgan fingerprint density at radius 1 is 1.21 bits per heavy atom. The van der Waals surface area contributed by atoms with E-state index in [0.717, 1.165) is 25.9 Å². The van der Waals surface area contributed by atoms with Crippen LogP contribution in [-0.4, -0.2) is 52.9 Å². The van der Waals surface area contributed by atoms with E-state index in [1.54, 1.807) is 17.0 Å². The van der Waals surface area contributed by atoms with Gasteiger partial charge in [-0.25, -0.2) is 0 Å². The van der Waals surface area contributed by atoms with Crippen LogP contribution in [0.5, 0.6) is 0 Å². The van der Waals surface area contributed by atoms with Gasteiger partial charge in [0.25, 0.3) is 5.91 Å². The van der Waals surface area contributed by atoms with Crippen LogP contribution in [0.4, 0.5) is 0 Å². The molecule has 0 saturated carbocycles. The molecule has 1 aromatic carbocycles. The highest BCUT2D eigenvalue weighted by Gasteiger charge is 2.24. The van der Waals surface area contributed by atoms with Gasteiger partial charge in [0.1, 0.15) is 0 Å². The number of amides is 2. The lowest BCUT2D eigenvalue weighted by molar-refractivity contribution is -0.132. The van der Waals surface area contributed by atoms with E-state index in [9.17, 15) is 9.59 Å². The predicted molar refractivity (Wildman–Crippen MR) is 113 cm³/mol. The molecule has 7 heteroatoms. The zero-order chi connectivity index (χ0) is 20.8. The van der Waals surface area contributed by atoms with Crippen molar-refractivity contribution in [3.63, 3.8) is 0 Å². The monoisotopic (exact) mass is 417 g/mol. The molecule has 3 rings (SSSR count). The van der Waals surface area contributed by atoms with Gasteiger partial charge in [-0.3, -0.25) is 9.59 Å². The number of nitrogens with zero attached hydrogens (tertiary/aromatic N) is 3. The summed E-state index contributed by atoms with van der Waals surface area (Å²) in [5, 5.41) is 4.49. The fourth-order valence-corrected chi connectivity index (χ4v) is 3.80. The van der Waals surface area contributed by atoms with Crippen LogP contribution in [0.3, 0.4) is 0 Å². The largest absolute Gasteiger partial charge is 0.355 e. The quantitative estimate of drug-likeness (QED) is 0.665. The normalized spacial score (nSPS) is 14.3. The van der Waals surface area contributed by atoms with Crippen molar-refractivity contribution in [2.75, 3.05) is 26.2 Å². The molecule has 0 bridgehead atoms. The van der Waals surface area contributed by atoms with Crippen LogP contribution < -0.4 is 0 Å². The fraction of sp³-hybridized carbons (Fsp3) is 0.500. The third kappa shape index (κ3) is 5.60. The van der Waals surface area contributed by atoms with E-state index in [4.69, 9.17) is 16.1 Å². The van der Waals surface area contributed by atoms with Gasteiger partial charge in [-0.05, 0) is 37.3 Å². The summed E-state index contributed by atoms with van der Waals surface area (Å²) in [5.41, 5.74) is 0.919. The van der Waals surface area contributed by atoms with Crippen LogP contribution in [0.15, 0.2) is 34.9 Å². The molecule has 2 aromatic rings. The topological polar surface area (TPSA) is 66.7 Å². The first kappa shape index (κ1) is 21.4. The average molecular weight is 418 g/mol. The Labute approximate surface area is 176 Å². The van der Waals surface area contributed by atoms with Crippen molar-refractivity contribution in [2.24, 2.45) is 5.92 Å². The maximum Gasteiger partial charge on any atom is 0.276 e. The smallest absolute Gasteiger partial charge is 0.276 e. The minimum Gasteiger partial charge on any atom is -0.355 e. The number of benzene rings is 1. The van der Waals surface area contributed by atoms with Crippen molar-refractivity contribution in [1.29, 1.82) is 0 Å². The summed E-state index contributed by atoms with van der Waals surface area (Å²) < 4.78 is 5.37. The molecule has 29 heavy (non-hydrogen) atoms. The van der Waals surface area contributed by atoms with Crippen LogP contribution >= 0.6 is 11.6 Å². The summed E-state index contributed by atoms with van der Waals surface area (Å²) in [6, 6.07) is 8.88. The number of piperidine rings is 1. The zero-order valence-electron chi connectivity index (χ0n) is 17.1. The molecule has 1 aliphatic rings. The molecule has 2 heterocycles. The van der Waals surface area contributed by atoms with Crippen molar-refractivity contribution in [3.8, 4) is 11.3 Å². The summed E-state index contributed by atoms with van der Waals surface area (Å²) in [6.45, 7) is 6.67. The Bertz CT molecular complexity index is 843. The van der Waals surface area contributed by atoms with E-state index in [1.807, 2.05) is 36.9 Å². The third-order valence-corrected chi connectivity index (χ3v) is 5.38. The molecule has 2 amide bonds. The molecule has 156 valence electrons. The van der Waals surface area contributed by atoms with Crippen molar-refractivity contribution in [2.45, 2.75) is 39.5 Å². The molecule has 1 fully saturated rings. The van der Waals surface area contributed by atoms with E-state index in [0.29, 0.717) is 35.9 Å². The van der Waals surface area contributed by atoms with Crippen molar-refractivity contribution in [1.82, 2.24) is 15.0 Å². The molecular formula is C22H28ClN3O3. The standard InChI is InChI=1S/C22H28ClN3O3/c1-16(2)15-26(13-10-21(27)25-11-6-3-7-12-25)22(28)19-14-20(29-24-19)17-8-4-5-9-18(17)23/h4-5,8-9,14,16H,3,6-7,10-13,15H2,1-2H3. The highest BCUT2D eigenvalue weighted by Crippen LogP contribution is 2.28. The number of rotatable bonds is 7. The lowest BCUT2D eigenvalue weighted by atomic mass is 10.1. The van der Waals surface area contributed by atoms with E-state index < -0.39 is 0 Å². The SMILES string of the molecule is CC(C)CN(CCC(=O)N1CCCCC1)C(=O)c1cc(-c2ccccc2Cl)on1. The molecule has 0 N–H and O–H groups in total. The van der Waals surface area contributed by atoms with Crippen molar-refractivity contribution >= 4 is 23.4 Å². The maximum absolute atomic E-state index is 13.0. The number of likely N-dealkylation sites (tertiary alicyclic amines) is 1. The van der Waals surface area contributed by atoms with E-state index in [-0.39, 0.29) is 23.4 Å². The van der Waals surface area contributed by atoms with E-state index in [1.165, 1.54) is 6.42 Å². The van der Waals surface area contributed by atoms with Crippen LogP contribution in [0.2, 0.25) is 5.02 Å². The van der Waals surface area contributed by atoms with Gasteiger partial charge in [-0.2, -0.15) is 0 Å². The maximum atomic E-state index is 13.0. The summed E-state index contributed by atoms with van der Waals surface area (Å²) in [6.07, 6.45) is 3.63. The number of aromatic nitrogens is 1. The lowest BCUT2D eigenvalue weighted by Crippen LogP contribution is -2.40. The minimum atomic E-state index is -0.229. The molecule has 0 aliphatic carbocycles. The average Bonchev–Trinajstić information content (AvgIpc) is 3.21. The molecule has 0 spiro atoms. The highest BCUT2D eigenvalue weighted by atomic mass is 35.5. The van der Waals surface area contributed by atoms with Crippen molar-refractivity contribution < 1.29 is 14.1 Å². The highest BCUT2D eigenvalue weighted by molar-refractivity contribution is 6.33. The number of hydrogen-bond acceptors (Lipinski definition) is 4. The number of hydrogen-bond donors (Lipinski definition) is 0. The molecule has 1 aromatic heterocycles. The third-order valence-electron chi connectivity index (χ3n) is 5.05. The lowest BCUT2D eigenvalue weighted by Gasteiger charge is -2.28. The molecular weight excluding hydrogens is 390 g/mol. The Morgan fingerprint density at radius 3 is 2.62 bits per heavy atom. The summed E-state index contributed by atoms with van der Waals surface area (Å²) in [4.78, 5) is 29.2. The summed E-state index contributed by atoms with van der Waals surface area (Å²) >= 11 is 6.21. The van der Waals surface area contributed by atoms with E-state index in [2.05, 4.69) is 5.16 Å². The van der Waals surface area contributed by atoms with Gasteiger partial charge >= 0.3 is 0 Å². The van der Waals surface area contributed by atoms with Gasteiger partial charge in [-0.15, -0.1) is 0 Å². The molecule has 6 nitrogen and oxygen atoms in total. The van der Waals surface area contributed by atoms with Gasteiger partial charge in [0.15, 0.2) is 11.5 Å². The van der Waals surface area contributed by atoms with Gasteiger partial charge in [0.2, 0.25) is 5.91 Å². The Hall–Kier alpha value is -2.34. The Morgan fingerprint density at radius 2 is 1.93 bits per heavy atom. The van der Waals surface area contributed by atoms with Gasteiger partial charge in [-0.1, -0.05) is 42.7 Å². The zero-order valence-corrected chi connectivity index (χ0v) is 17.8. The van der Waals surface area contributed by atoms with Crippen LogP contribution in [0.1, 0.15) is 50.0 Å². The predicted octanol–water partition coefficient (Wildman–Crippen LogP) is 4.50. The summed E-state index contributed by atoms with van der Waals surface area (Å²) in [7, 11) is 0. The van der Waals surface area contributed by atoms with Crippen LogP contribution in [-0.2, 0) is 4.79 Å². The van der Waals surface area contributed by atoms with Gasteiger partial charge in [0.05, 0.1) is 5.02 Å². The second-order valence-electron chi connectivity index (χ2n) is 7.89. The van der Waals surface area contributed by atoms with E-state index >= 15 is 0 Å². The minimum absolute atomic E-state index is 0.114. The Kier molecular flexibility index (Phi) is 7.31. The molecule has 1 saturated heterocycles. The number of carbonyl (C=O) groups excluding carboxylic acids is 2. The van der Waals surface area contributed by atoms with Gasteiger partial charge < -0.3 is 14.3 Å². The van der Waals surface area contributed by atoms with Crippen LogP contribution in [0.25, 0.3) is 11.3 Å². The fourth-order valence-electron chi connectivity index (χ4n) is 3.57. The molecule has 1 aliphatic heterocycles. The van der Waals surface area contributed by atoms with Gasteiger partial charge in [0, 0.05) is 44.2 Å². The second kappa shape index (κ2) is 9.92. The number of carbonyl (C=O) groups is 2. The van der Waals surface area contributed by atoms with Crippen LogP contribution in [0, 0.1) is 5.92 Å². The first-order chi connectivity index (χ1) is 14.0. The summed E-state index contributed by atoms with van der Waals surface area (Å²) in [5.74, 6) is 0.613. The molecule has 0 unspecified atom stereocenters. The van der Waals surface area contributed by atoms with Crippen molar-refractivity contribution in [3.05, 3.63) is 41.0 Å².